The number of aliphatic hydroxyl groups is 6. The molecule has 234 valence electrons. The van der Waals surface area contributed by atoms with E-state index in [9.17, 15) is 30.6 Å². The van der Waals surface area contributed by atoms with E-state index in [1.54, 1.807) is 0 Å². The molecule has 7 unspecified atom stereocenters. The maximum atomic E-state index is 10.9. The first kappa shape index (κ1) is 32.2. The minimum atomic E-state index is -1.43. The number of ether oxygens (including phenoxy) is 6. The van der Waals surface area contributed by atoms with Crippen LogP contribution < -0.4 is 34.4 Å². The smallest absolute Gasteiger partial charge is 0.186 e. The Morgan fingerprint density at radius 1 is 0.575 bits per heavy atom. The molecular weight excluding hydrogens is 540 g/mol. The van der Waals surface area contributed by atoms with E-state index in [2.05, 4.69) is 0 Å². The van der Waals surface area contributed by atoms with E-state index in [0.29, 0.717) is 0 Å². The quantitative estimate of drug-likeness (QED) is 0.126. The second-order valence-corrected chi connectivity index (χ2v) is 10.8. The zero-order chi connectivity index (χ0) is 29.5. The van der Waals surface area contributed by atoms with Crippen LogP contribution in [0.15, 0.2) is 0 Å². The van der Waals surface area contributed by atoms with Crippen molar-refractivity contribution in [2.24, 2.45) is 34.4 Å². The van der Waals surface area contributed by atoms with E-state index >= 15 is 0 Å². The van der Waals surface area contributed by atoms with E-state index in [1.807, 2.05) is 0 Å². The first-order chi connectivity index (χ1) is 18.9. The Balaban J connectivity index is 1.44. The van der Waals surface area contributed by atoms with Gasteiger partial charge in [-0.1, -0.05) is 0 Å². The van der Waals surface area contributed by atoms with Crippen LogP contribution in [0.4, 0.5) is 0 Å². The van der Waals surface area contributed by atoms with Gasteiger partial charge >= 0.3 is 0 Å². The van der Waals surface area contributed by atoms with Crippen LogP contribution in [-0.4, -0.2) is 161 Å². The van der Waals surface area contributed by atoms with Crippen LogP contribution >= 0.6 is 0 Å². The van der Waals surface area contributed by atoms with E-state index in [0.717, 1.165) is 0 Å². The van der Waals surface area contributed by atoms with Crippen molar-refractivity contribution >= 4 is 0 Å². The Hall–Kier alpha value is -0.720. The van der Waals surface area contributed by atoms with Crippen molar-refractivity contribution < 1.29 is 59.1 Å². The Bertz CT molecular complexity index is 820. The highest BCUT2D eigenvalue weighted by molar-refractivity contribution is 5.01. The first-order valence-electron chi connectivity index (χ1n) is 13.3. The predicted molar refractivity (Wildman–Crippen MR) is 132 cm³/mol. The monoisotopic (exact) mass is 584 g/mol. The maximum absolute atomic E-state index is 10.9. The summed E-state index contributed by atoms with van der Waals surface area (Å²) in [7, 11) is 0. The lowest BCUT2D eigenvalue weighted by atomic mass is 9.84. The number of aliphatic hydroxyl groups excluding tert-OH is 6. The lowest BCUT2D eigenvalue weighted by Crippen LogP contribution is -2.68. The van der Waals surface area contributed by atoms with Gasteiger partial charge in [0.05, 0.1) is 24.8 Å². The van der Waals surface area contributed by atoms with Crippen LogP contribution in [0, 0.1) is 0 Å². The molecule has 0 aromatic carbocycles. The van der Waals surface area contributed by atoms with E-state index in [1.165, 1.54) is 0 Å². The molecule has 4 rings (SSSR count). The second-order valence-electron chi connectivity index (χ2n) is 10.8. The van der Waals surface area contributed by atoms with Gasteiger partial charge in [-0.2, -0.15) is 0 Å². The van der Waals surface area contributed by atoms with Gasteiger partial charge in [0.2, 0.25) is 0 Å². The Morgan fingerprint density at radius 3 is 1.60 bits per heavy atom. The molecule has 3 aliphatic heterocycles. The molecule has 0 bridgehead atoms. The van der Waals surface area contributed by atoms with Crippen molar-refractivity contribution in [3.8, 4) is 0 Å². The predicted octanol–water partition coefficient (Wildman–Crippen LogP) is -8.26. The second kappa shape index (κ2) is 13.3. The molecule has 18 nitrogen and oxygen atoms in total. The lowest BCUT2D eigenvalue weighted by Gasteiger charge is -2.47. The van der Waals surface area contributed by atoms with Crippen LogP contribution in [-0.2, 0) is 28.4 Å². The Morgan fingerprint density at radius 2 is 1.07 bits per heavy atom. The van der Waals surface area contributed by atoms with Gasteiger partial charge in [-0.15, -0.1) is 0 Å². The van der Waals surface area contributed by atoms with Crippen molar-refractivity contribution in [1.29, 1.82) is 0 Å². The summed E-state index contributed by atoms with van der Waals surface area (Å²) in [5, 5.41) is 62.6. The van der Waals surface area contributed by atoms with Crippen LogP contribution in [0.25, 0.3) is 0 Å². The topological polar surface area (TPSA) is 333 Å². The molecule has 4 aliphatic rings. The third kappa shape index (κ3) is 6.30. The van der Waals surface area contributed by atoms with Gasteiger partial charge in [0.25, 0.3) is 0 Å². The SMILES string of the molecule is NCC1O[C@H](O[C@@H]2C(N)C[C@@H](N)C(O)[C@H]2O[C@@H]2OC[C@H](O[C@H]3O[C@@H](CN)[C@@H](O)C(O)C3N)C2O)C(N)[C@@H](O)[C@@H]1O. The third-order valence-electron chi connectivity index (χ3n) is 8.00. The molecule has 0 amide bonds. The zero-order valence-electron chi connectivity index (χ0n) is 21.8. The van der Waals surface area contributed by atoms with E-state index < -0.39 is 110 Å². The average molecular weight is 585 g/mol. The fourth-order valence-electron chi connectivity index (χ4n) is 5.43. The highest BCUT2D eigenvalue weighted by Gasteiger charge is 2.52. The fraction of sp³-hybridized carbons (Fsp3) is 1.00. The van der Waals surface area contributed by atoms with Crippen LogP contribution in [0.5, 0.6) is 0 Å². The van der Waals surface area contributed by atoms with Gasteiger partial charge in [-0.25, -0.2) is 0 Å². The van der Waals surface area contributed by atoms with Crippen molar-refractivity contribution in [3.63, 3.8) is 0 Å². The molecule has 3 saturated heterocycles. The average Bonchev–Trinajstić information content (AvgIpc) is 3.27. The van der Waals surface area contributed by atoms with Crippen molar-refractivity contribution in [3.05, 3.63) is 0 Å². The number of rotatable bonds is 8. The molecule has 0 aromatic heterocycles. The number of nitrogens with two attached hydrogens (primary N) is 6. The summed E-state index contributed by atoms with van der Waals surface area (Å²) in [6.45, 7) is -0.428. The largest absolute Gasteiger partial charge is 0.389 e. The summed E-state index contributed by atoms with van der Waals surface area (Å²) >= 11 is 0. The molecule has 18 N–H and O–H groups in total. The van der Waals surface area contributed by atoms with Crippen LogP contribution in [0.3, 0.4) is 0 Å². The minimum absolute atomic E-state index is 0.113. The summed E-state index contributed by atoms with van der Waals surface area (Å²) in [5.41, 5.74) is 35.6. The van der Waals surface area contributed by atoms with Crippen molar-refractivity contribution in [1.82, 2.24) is 0 Å². The number of hydrogen-bond acceptors (Lipinski definition) is 18. The molecule has 18 atom stereocenters. The van der Waals surface area contributed by atoms with Crippen molar-refractivity contribution in [2.45, 2.75) is 117 Å². The molecule has 4 fully saturated rings. The molecule has 18 heteroatoms. The molecular formula is C22H44N6O12. The highest BCUT2D eigenvalue weighted by Crippen LogP contribution is 2.32. The highest BCUT2D eigenvalue weighted by atomic mass is 16.8. The Labute approximate surface area is 230 Å². The van der Waals surface area contributed by atoms with Gasteiger partial charge in [-0.3, -0.25) is 0 Å². The summed E-state index contributed by atoms with van der Waals surface area (Å²) in [6.07, 6.45) is -17.2. The van der Waals surface area contributed by atoms with Crippen LogP contribution in [0.2, 0.25) is 0 Å². The van der Waals surface area contributed by atoms with Crippen molar-refractivity contribution in [2.75, 3.05) is 19.7 Å². The van der Waals surface area contributed by atoms with Gasteiger partial charge in [-0.05, 0) is 6.42 Å². The van der Waals surface area contributed by atoms with Crippen LogP contribution in [0.1, 0.15) is 6.42 Å². The maximum Gasteiger partial charge on any atom is 0.186 e. The molecule has 1 aliphatic carbocycles. The standard InChI is InChI=1S/C22H44N6O12/c23-2-7-13(30)16(33)10(27)20(36-7)38-9-4-35-22(15(9)32)40-19-12(29)5(25)1-6(26)18(19)39-21-11(28)17(34)14(31)8(3-24)37-21/h5-22,29-34H,1-4,23-28H2/t5-,6?,7+,8?,9+,10?,11?,12?,13-,14-,15?,16?,17-,18-,19-,20-,21-,22+/m1/s1. The van der Waals surface area contributed by atoms with E-state index in [-0.39, 0.29) is 26.1 Å². The zero-order valence-corrected chi connectivity index (χ0v) is 21.8. The molecule has 40 heavy (non-hydrogen) atoms. The lowest BCUT2D eigenvalue weighted by molar-refractivity contribution is -0.306. The van der Waals surface area contributed by atoms with Gasteiger partial charge < -0.3 is 93.5 Å². The summed E-state index contributed by atoms with van der Waals surface area (Å²) in [5.74, 6) is 0. The third-order valence-corrected chi connectivity index (χ3v) is 8.00. The molecule has 0 aromatic rings. The fourth-order valence-corrected chi connectivity index (χ4v) is 5.43. The van der Waals surface area contributed by atoms with Gasteiger partial charge in [0.1, 0.15) is 61.0 Å². The minimum Gasteiger partial charge on any atom is -0.389 e. The molecule has 0 spiro atoms. The first-order valence-corrected chi connectivity index (χ1v) is 13.3. The Kier molecular flexibility index (Phi) is 10.7. The van der Waals surface area contributed by atoms with Gasteiger partial charge in [0.15, 0.2) is 18.9 Å². The normalized spacial score (nSPS) is 54.0. The van der Waals surface area contributed by atoms with Gasteiger partial charge in [0, 0.05) is 25.2 Å². The molecule has 3 heterocycles. The molecule has 0 radical (unpaired) electrons. The number of hydrogen-bond donors (Lipinski definition) is 12. The van der Waals surface area contributed by atoms with E-state index in [4.69, 9.17) is 62.8 Å². The summed E-state index contributed by atoms with van der Waals surface area (Å²) in [6, 6.07) is -3.94. The molecule has 1 saturated carbocycles. The summed E-state index contributed by atoms with van der Waals surface area (Å²) in [4.78, 5) is 0. The summed E-state index contributed by atoms with van der Waals surface area (Å²) < 4.78 is 34.5.